The fraction of sp³-hybridized carbons (Fsp3) is 0.714. The van der Waals surface area contributed by atoms with Crippen LogP contribution in [0.4, 0.5) is 0 Å². The highest BCUT2D eigenvalue weighted by atomic mass is 16.4. The summed E-state index contributed by atoms with van der Waals surface area (Å²) in [6.07, 6.45) is -0.0928. The Kier molecular flexibility index (Phi) is 11.4. The first kappa shape index (κ1) is 28.8. The van der Waals surface area contributed by atoms with Crippen molar-refractivity contribution in [2.24, 2.45) is 17.4 Å². The first-order chi connectivity index (χ1) is 15.8. The average molecular weight is 486 g/mol. The topological polar surface area (TPSA) is 222 Å². The van der Waals surface area contributed by atoms with Crippen molar-refractivity contribution in [2.45, 2.75) is 83.0 Å². The summed E-state index contributed by atoms with van der Waals surface area (Å²) in [5.41, 5.74) is 11.0. The minimum atomic E-state index is -1.31. The molecule has 1 saturated heterocycles. The van der Waals surface area contributed by atoms with Gasteiger partial charge in [0.1, 0.15) is 18.1 Å². The molecule has 4 amide bonds. The first-order valence-corrected chi connectivity index (χ1v) is 11.2. The first-order valence-electron chi connectivity index (χ1n) is 11.2. The van der Waals surface area contributed by atoms with Gasteiger partial charge in [-0.1, -0.05) is 13.8 Å². The van der Waals surface area contributed by atoms with E-state index < -0.39 is 66.2 Å². The van der Waals surface area contributed by atoms with E-state index in [1.165, 1.54) is 0 Å². The normalized spacial score (nSPS) is 18.1. The smallest absolute Gasteiger partial charge is 0.326 e. The highest BCUT2D eigenvalue weighted by Crippen LogP contribution is 2.20. The third kappa shape index (κ3) is 9.33. The number of aliphatic carboxylic acids is 2. The summed E-state index contributed by atoms with van der Waals surface area (Å²) < 4.78 is 0. The number of nitrogens with one attached hydrogen (secondary N) is 2. The number of carboxylic acid groups (broad SMARTS) is 2. The second kappa shape index (κ2) is 13.5. The Balaban J connectivity index is 3.04. The summed E-state index contributed by atoms with van der Waals surface area (Å²) in [7, 11) is 0. The van der Waals surface area contributed by atoms with Gasteiger partial charge in [0.2, 0.25) is 23.6 Å². The van der Waals surface area contributed by atoms with Crippen molar-refractivity contribution >= 4 is 35.6 Å². The molecule has 4 atom stereocenters. The molecule has 1 rings (SSSR count). The third-order valence-corrected chi connectivity index (χ3v) is 5.46. The Morgan fingerprint density at radius 2 is 1.56 bits per heavy atom. The molecule has 0 aliphatic carbocycles. The van der Waals surface area contributed by atoms with E-state index in [9.17, 15) is 33.9 Å². The van der Waals surface area contributed by atoms with Gasteiger partial charge >= 0.3 is 11.9 Å². The van der Waals surface area contributed by atoms with Gasteiger partial charge in [-0.15, -0.1) is 0 Å². The predicted molar refractivity (Wildman–Crippen MR) is 119 cm³/mol. The summed E-state index contributed by atoms with van der Waals surface area (Å²) in [5, 5.41) is 23.2. The van der Waals surface area contributed by atoms with E-state index in [0.29, 0.717) is 12.8 Å². The lowest BCUT2D eigenvalue weighted by molar-refractivity contribution is -0.149. The number of likely N-dealkylation sites (tertiary alicyclic amines) is 1. The SMILES string of the molecule is CC(C)CC(N)C(=O)NC(CCC(=O)O)C(=O)NC(CCC(N)=O)C(=O)N1CCCC1C(=O)O. The molecule has 0 saturated carbocycles. The highest BCUT2D eigenvalue weighted by molar-refractivity contribution is 5.94. The number of rotatable bonds is 14. The molecule has 4 unspecified atom stereocenters. The molecule has 1 heterocycles. The van der Waals surface area contributed by atoms with Crippen molar-refractivity contribution in [3.05, 3.63) is 0 Å². The largest absolute Gasteiger partial charge is 0.481 e. The zero-order valence-electron chi connectivity index (χ0n) is 19.5. The van der Waals surface area contributed by atoms with Crippen molar-refractivity contribution in [3.8, 4) is 0 Å². The van der Waals surface area contributed by atoms with Crippen LogP contribution < -0.4 is 22.1 Å². The fourth-order valence-electron chi connectivity index (χ4n) is 3.73. The Morgan fingerprint density at radius 1 is 0.971 bits per heavy atom. The maximum absolute atomic E-state index is 13.0. The van der Waals surface area contributed by atoms with Crippen LogP contribution in [0.25, 0.3) is 0 Å². The van der Waals surface area contributed by atoms with Crippen LogP contribution in [0.3, 0.4) is 0 Å². The van der Waals surface area contributed by atoms with Crippen molar-refractivity contribution < 1.29 is 39.0 Å². The van der Waals surface area contributed by atoms with E-state index in [2.05, 4.69) is 10.6 Å². The monoisotopic (exact) mass is 485 g/mol. The summed E-state index contributed by atoms with van der Waals surface area (Å²) >= 11 is 0. The standard InChI is InChI=1S/C21H35N5O8/c1-11(2)10-12(22)18(30)24-13(6-8-17(28)29)19(31)25-14(5-7-16(23)27)20(32)26-9-3-4-15(26)21(33)34/h11-15H,3-10,22H2,1-2H3,(H2,23,27)(H,24,30)(H,25,31)(H,28,29)(H,33,34). The zero-order valence-corrected chi connectivity index (χ0v) is 19.5. The van der Waals surface area contributed by atoms with Gasteiger partial charge in [-0.2, -0.15) is 0 Å². The maximum atomic E-state index is 13.0. The van der Waals surface area contributed by atoms with E-state index in [1.807, 2.05) is 13.8 Å². The molecule has 1 aliphatic heterocycles. The molecule has 1 fully saturated rings. The second-order valence-corrected chi connectivity index (χ2v) is 8.82. The van der Waals surface area contributed by atoms with Gasteiger partial charge in [0.05, 0.1) is 6.04 Å². The lowest BCUT2D eigenvalue weighted by Gasteiger charge is -2.29. The van der Waals surface area contributed by atoms with Gasteiger partial charge in [-0.25, -0.2) is 4.79 Å². The minimum Gasteiger partial charge on any atom is -0.481 e. The number of primary amides is 1. The molecular formula is C21H35N5O8. The molecule has 8 N–H and O–H groups in total. The van der Waals surface area contributed by atoms with Gasteiger partial charge in [-0.3, -0.25) is 24.0 Å². The van der Waals surface area contributed by atoms with E-state index >= 15 is 0 Å². The van der Waals surface area contributed by atoms with Gasteiger partial charge < -0.3 is 37.2 Å². The van der Waals surface area contributed by atoms with Gasteiger partial charge in [0.25, 0.3) is 0 Å². The highest BCUT2D eigenvalue weighted by Gasteiger charge is 2.38. The van der Waals surface area contributed by atoms with Gasteiger partial charge in [0, 0.05) is 19.4 Å². The molecule has 0 aromatic rings. The molecule has 192 valence electrons. The van der Waals surface area contributed by atoms with Crippen LogP contribution in [0, 0.1) is 5.92 Å². The third-order valence-electron chi connectivity index (χ3n) is 5.46. The summed E-state index contributed by atoms with van der Waals surface area (Å²) in [5.74, 6) is -5.19. The number of nitrogens with zero attached hydrogens (tertiary/aromatic N) is 1. The molecule has 13 heteroatoms. The zero-order chi connectivity index (χ0) is 26.0. The minimum absolute atomic E-state index is 0.102. The lowest BCUT2D eigenvalue weighted by Crippen LogP contribution is -2.57. The van der Waals surface area contributed by atoms with Crippen LogP contribution in [0.1, 0.15) is 58.8 Å². The Hall–Kier alpha value is -3.22. The van der Waals surface area contributed by atoms with Crippen LogP contribution in [-0.2, 0) is 28.8 Å². The number of carboxylic acids is 2. The van der Waals surface area contributed by atoms with Crippen molar-refractivity contribution in [1.29, 1.82) is 0 Å². The number of hydrogen-bond donors (Lipinski definition) is 6. The quantitative estimate of drug-likeness (QED) is 0.169. The summed E-state index contributed by atoms with van der Waals surface area (Å²) in [6, 6.07) is -4.57. The van der Waals surface area contributed by atoms with Crippen molar-refractivity contribution in [3.63, 3.8) is 0 Å². The molecule has 0 bridgehead atoms. The van der Waals surface area contributed by atoms with Gasteiger partial charge in [0.15, 0.2) is 0 Å². The van der Waals surface area contributed by atoms with Crippen LogP contribution >= 0.6 is 0 Å². The number of hydrogen-bond acceptors (Lipinski definition) is 7. The van der Waals surface area contributed by atoms with Crippen LogP contribution in [-0.4, -0.2) is 81.4 Å². The number of nitrogens with two attached hydrogens (primary N) is 2. The number of carbonyl (C=O) groups is 6. The number of amides is 4. The number of carbonyl (C=O) groups excluding carboxylic acids is 4. The molecule has 0 aromatic heterocycles. The summed E-state index contributed by atoms with van der Waals surface area (Å²) in [4.78, 5) is 73.4. The Morgan fingerprint density at radius 3 is 2.09 bits per heavy atom. The summed E-state index contributed by atoms with van der Waals surface area (Å²) in [6.45, 7) is 3.89. The van der Waals surface area contributed by atoms with Crippen LogP contribution in [0.2, 0.25) is 0 Å². The molecule has 0 spiro atoms. The molecule has 0 radical (unpaired) electrons. The van der Waals surface area contributed by atoms with Gasteiger partial charge in [-0.05, 0) is 38.0 Å². The lowest BCUT2D eigenvalue weighted by atomic mass is 10.0. The Labute approximate surface area is 197 Å². The molecule has 13 nitrogen and oxygen atoms in total. The van der Waals surface area contributed by atoms with Crippen molar-refractivity contribution in [1.82, 2.24) is 15.5 Å². The molecule has 0 aromatic carbocycles. The second-order valence-electron chi connectivity index (χ2n) is 8.82. The molecular weight excluding hydrogens is 450 g/mol. The van der Waals surface area contributed by atoms with E-state index in [4.69, 9.17) is 16.6 Å². The van der Waals surface area contributed by atoms with Crippen LogP contribution in [0.15, 0.2) is 0 Å². The predicted octanol–water partition coefficient (Wildman–Crippen LogP) is -1.46. The molecule has 34 heavy (non-hydrogen) atoms. The van der Waals surface area contributed by atoms with E-state index in [0.717, 1.165) is 4.90 Å². The van der Waals surface area contributed by atoms with E-state index in [1.54, 1.807) is 0 Å². The fourth-order valence-corrected chi connectivity index (χ4v) is 3.73. The Bertz CT molecular complexity index is 787. The van der Waals surface area contributed by atoms with Crippen molar-refractivity contribution in [2.75, 3.05) is 6.54 Å². The van der Waals surface area contributed by atoms with E-state index in [-0.39, 0.29) is 38.1 Å². The average Bonchev–Trinajstić information content (AvgIpc) is 3.22. The van der Waals surface area contributed by atoms with Crippen LogP contribution in [0.5, 0.6) is 0 Å². The molecule has 1 aliphatic rings. The maximum Gasteiger partial charge on any atom is 0.326 e.